The average molecular weight is 224 g/mol. The van der Waals surface area contributed by atoms with Crippen LogP contribution < -0.4 is 5.32 Å². The van der Waals surface area contributed by atoms with Gasteiger partial charge in [-0.15, -0.1) is 0 Å². The van der Waals surface area contributed by atoms with Crippen molar-refractivity contribution in [2.45, 2.75) is 44.6 Å². The quantitative estimate of drug-likeness (QED) is 0.722. The van der Waals surface area contributed by atoms with Crippen molar-refractivity contribution in [3.63, 3.8) is 0 Å². The number of nitrogens with zero attached hydrogens (tertiary/aromatic N) is 1. The van der Waals surface area contributed by atoms with Gasteiger partial charge in [-0.2, -0.15) is 0 Å². The summed E-state index contributed by atoms with van der Waals surface area (Å²) >= 11 is 0. The van der Waals surface area contributed by atoms with Crippen LogP contribution in [0.2, 0.25) is 0 Å². The second-order valence-electron chi connectivity index (χ2n) is 4.50. The Morgan fingerprint density at radius 1 is 1.38 bits per heavy atom. The number of hydrogen-bond acceptors (Lipinski definition) is 3. The maximum Gasteiger partial charge on any atom is 0.325 e. The van der Waals surface area contributed by atoms with Crippen molar-refractivity contribution >= 4 is 17.7 Å². The van der Waals surface area contributed by atoms with Crippen molar-refractivity contribution in [3.8, 4) is 0 Å². The topological polar surface area (TPSA) is 66.5 Å². The molecule has 2 fully saturated rings. The monoisotopic (exact) mass is 224 g/mol. The number of imide groups is 1. The van der Waals surface area contributed by atoms with E-state index in [1.54, 1.807) is 6.92 Å². The number of carbonyl (C=O) groups is 3. The van der Waals surface area contributed by atoms with E-state index in [9.17, 15) is 14.4 Å². The predicted octanol–water partition coefficient (Wildman–Crippen LogP) is 0.830. The second-order valence-corrected chi connectivity index (χ2v) is 4.50. The molecule has 88 valence electrons. The number of carbonyl (C=O) groups excluding carboxylic acids is 3. The Balaban J connectivity index is 2.13. The van der Waals surface area contributed by atoms with E-state index < -0.39 is 11.6 Å². The highest BCUT2D eigenvalue weighted by Crippen LogP contribution is 2.34. The molecule has 1 spiro atoms. The van der Waals surface area contributed by atoms with Crippen LogP contribution in [0.25, 0.3) is 0 Å². The van der Waals surface area contributed by atoms with E-state index in [4.69, 9.17) is 0 Å². The molecule has 0 radical (unpaired) electrons. The number of amides is 3. The molecule has 1 aliphatic carbocycles. The molecule has 3 amide bonds. The third-order valence-corrected chi connectivity index (χ3v) is 3.43. The largest absolute Gasteiger partial charge is 0.325 e. The molecule has 1 heterocycles. The molecule has 2 aliphatic rings. The van der Waals surface area contributed by atoms with E-state index in [0.29, 0.717) is 19.3 Å². The summed E-state index contributed by atoms with van der Waals surface area (Å²) in [6, 6.07) is -0.409. The molecule has 0 aromatic carbocycles. The van der Waals surface area contributed by atoms with Crippen molar-refractivity contribution in [3.05, 3.63) is 0 Å². The molecule has 0 unspecified atom stereocenters. The average Bonchev–Trinajstić information content (AvgIpc) is 2.81. The SMILES string of the molecule is CCC(=O)CN1C(=O)NC2(CCCC2)C1=O. The van der Waals surface area contributed by atoms with Crippen molar-refractivity contribution in [1.29, 1.82) is 0 Å². The van der Waals surface area contributed by atoms with Gasteiger partial charge in [0.2, 0.25) is 0 Å². The number of Topliss-reactive ketones (excluding diaryl/α,β-unsaturated/α-hetero) is 1. The highest BCUT2D eigenvalue weighted by molar-refractivity contribution is 6.09. The normalized spacial score (nSPS) is 22.9. The predicted molar refractivity (Wildman–Crippen MR) is 56.7 cm³/mol. The van der Waals surface area contributed by atoms with Crippen LogP contribution in [0.4, 0.5) is 4.79 Å². The summed E-state index contributed by atoms with van der Waals surface area (Å²) in [5.74, 6) is -0.296. The molecule has 5 nitrogen and oxygen atoms in total. The number of rotatable bonds is 3. The smallest absolute Gasteiger partial charge is 0.323 e. The van der Waals surface area contributed by atoms with Crippen LogP contribution in [-0.4, -0.2) is 34.7 Å². The fourth-order valence-electron chi connectivity index (χ4n) is 2.43. The van der Waals surface area contributed by atoms with Gasteiger partial charge in [-0.1, -0.05) is 19.8 Å². The van der Waals surface area contributed by atoms with Crippen LogP contribution in [0.5, 0.6) is 0 Å². The first-order valence-corrected chi connectivity index (χ1v) is 5.75. The molecule has 16 heavy (non-hydrogen) atoms. The molecule has 1 saturated carbocycles. The first-order valence-electron chi connectivity index (χ1n) is 5.75. The lowest BCUT2D eigenvalue weighted by Crippen LogP contribution is -2.44. The van der Waals surface area contributed by atoms with Gasteiger partial charge in [0.15, 0.2) is 5.78 Å². The maximum absolute atomic E-state index is 12.1. The summed E-state index contributed by atoms with van der Waals surface area (Å²) in [5, 5.41) is 2.74. The summed E-state index contributed by atoms with van der Waals surface area (Å²) in [6.07, 6.45) is 3.68. The summed E-state index contributed by atoms with van der Waals surface area (Å²) in [5.41, 5.74) is -0.689. The van der Waals surface area contributed by atoms with E-state index in [1.165, 1.54) is 0 Å². The number of urea groups is 1. The van der Waals surface area contributed by atoms with Crippen LogP contribution >= 0.6 is 0 Å². The highest BCUT2D eigenvalue weighted by atomic mass is 16.2. The van der Waals surface area contributed by atoms with E-state index in [-0.39, 0.29) is 18.2 Å². The highest BCUT2D eigenvalue weighted by Gasteiger charge is 2.52. The van der Waals surface area contributed by atoms with E-state index in [0.717, 1.165) is 17.7 Å². The number of nitrogens with one attached hydrogen (secondary N) is 1. The fourth-order valence-corrected chi connectivity index (χ4v) is 2.43. The molecule has 0 bridgehead atoms. The van der Waals surface area contributed by atoms with E-state index in [1.807, 2.05) is 0 Å². The molecule has 1 N–H and O–H groups in total. The number of hydrogen-bond donors (Lipinski definition) is 1. The first kappa shape index (κ1) is 11.1. The first-order chi connectivity index (χ1) is 7.59. The van der Waals surface area contributed by atoms with E-state index >= 15 is 0 Å². The summed E-state index contributed by atoms with van der Waals surface area (Å²) in [4.78, 5) is 36.1. The fraction of sp³-hybridized carbons (Fsp3) is 0.727. The van der Waals surface area contributed by atoms with Gasteiger partial charge in [-0.3, -0.25) is 14.5 Å². The molecule has 0 atom stereocenters. The van der Waals surface area contributed by atoms with Gasteiger partial charge in [-0.05, 0) is 12.8 Å². The Morgan fingerprint density at radius 3 is 2.56 bits per heavy atom. The third-order valence-electron chi connectivity index (χ3n) is 3.43. The third kappa shape index (κ3) is 1.60. The summed E-state index contributed by atoms with van der Waals surface area (Å²) < 4.78 is 0. The van der Waals surface area contributed by atoms with Crippen LogP contribution in [0.3, 0.4) is 0 Å². The minimum Gasteiger partial charge on any atom is -0.323 e. The molecule has 1 saturated heterocycles. The van der Waals surface area contributed by atoms with Crippen LogP contribution in [0.1, 0.15) is 39.0 Å². The molecule has 0 aromatic rings. The van der Waals surface area contributed by atoms with Gasteiger partial charge >= 0.3 is 6.03 Å². The second kappa shape index (κ2) is 3.88. The lowest BCUT2D eigenvalue weighted by molar-refractivity contribution is -0.134. The zero-order chi connectivity index (χ0) is 11.8. The molecule has 5 heteroatoms. The van der Waals surface area contributed by atoms with Gasteiger partial charge in [0.25, 0.3) is 5.91 Å². The Kier molecular flexibility index (Phi) is 2.69. The lowest BCUT2D eigenvalue weighted by Gasteiger charge is -2.19. The van der Waals surface area contributed by atoms with Crippen LogP contribution in [0.15, 0.2) is 0 Å². The van der Waals surface area contributed by atoms with E-state index in [2.05, 4.69) is 5.32 Å². The summed E-state index contributed by atoms with van der Waals surface area (Å²) in [7, 11) is 0. The minimum absolute atomic E-state index is 0.0804. The Bertz CT molecular complexity index is 345. The molecule has 0 aromatic heterocycles. The molecule has 1 aliphatic heterocycles. The van der Waals surface area contributed by atoms with Crippen molar-refractivity contribution in [2.75, 3.05) is 6.54 Å². The van der Waals surface area contributed by atoms with Crippen molar-refractivity contribution in [1.82, 2.24) is 10.2 Å². The molecule has 2 rings (SSSR count). The Hall–Kier alpha value is -1.39. The van der Waals surface area contributed by atoms with Gasteiger partial charge in [0.05, 0.1) is 6.54 Å². The standard InChI is InChI=1S/C11H16N2O3/c1-2-8(14)7-13-9(15)11(12-10(13)16)5-3-4-6-11/h2-7H2,1H3,(H,12,16). The van der Waals surface area contributed by atoms with Crippen molar-refractivity contribution in [2.24, 2.45) is 0 Å². The zero-order valence-electron chi connectivity index (χ0n) is 9.41. The Labute approximate surface area is 94.2 Å². The molecular formula is C11H16N2O3. The van der Waals surface area contributed by atoms with Crippen molar-refractivity contribution < 1.29 is 14.4 Å². The summed E-state index contributed by atoms with van der Waals surface area (Å²) in [6.45, 7) is 1.65. The van der Waals surface area contributed by atoms with Gasteiger partial charge in [-0.25, -0.2) is 4.79 Å². The van der Waals surface area contributed by atoms with Crippen LogP contribution in [0, 0.1) is 0 Å². The van der Waals surface area contributed by atoms with Gasteiger partial charge < -0.3 is 5.32 Å². The lowest BCUT2D eigenvalue weighted by atomic mass is 9.98. The van der Waals surface area contributed by atoms with Gasteiger partial charge in [0.1, 0.15) is 5.54 Å². The zero-order valence-corrected chi connectivity index (χ0v) is 9.41. The van der Waals surface area contributed by atoms with Gasteiger partial charge in [0, 0.05) is 6.42 Å². The minimum atomic E-state index is -0.689. The van der Waals surface area contributed by atoms with Crippen LogP contribution in [-0.2, 0) is 9.59 Å². The number of ketones is 1. The maximum atomic E-state index is 12.1. The molecular weight excluding hydrogens is 208 g/mol. The Morgan fingerprint density at radius 2 is 2.00 bits per heavy atom.